The number of hydrogen-bond acceptors (Lipinski definition) is 4. The summed E-state index contributed by atoms with van der Waals surface area (Å²) in [4.78, 5) is 12.9. The van der Waals surface area contributed by atoms with Gasteiger partial charge in [0.25, 0.3) is 0 Å². The Balaban J connectivity index is 2.26. The van der Waals surface area contributed by atoms with Crippen LogP contribution in [0.1, 0.15) is 26.1 Å². The van der Waals surface area contributed by atoms with Crippen molar-refractivity contribution in [2.75, 3.05) is 11.9 Å². The first-order valence-electron chi connectivity index (χ1n) is 5.94. The first-order chi connectivity index (χ1) is 8.35. The van der Waals surface area contributed by atoms with Crippen molar-refractivity contribution in [2.45, 2.75) is 26.7 Å². The quantitative estimate of drug-likeness (QED) is 0.855. The minimum Gasteiger partial charge on any atom is -0.354 e. The van der Waals surface area contributed by atoms with E-state index < -0.39 is 0 Å². The van der Waals surface area contributed by atoms with Gasteiger partial charge in [-0.3, -0.25) is 4.57 Å². The van der Waals surface area contributed by atoms with E-state index in [0.717, 1.165) is 31.0 Å². The van der Waals surface area contributed by atoms with Crippen molar-refractivity contribution in [1.82, 2.24) is 19.5 Å². The summed E-state index contributed by atoms with van der Waals surface area (Å²) < 4.78 is 1.98. The number of aromatic nitrogens is 4. The Hall–Kier alpha value is -1.91. The highest BCUT2D eigenvalue weighted by atomic mass is 15.2. The number of imidazole rings is 1. The lowest BCUT2D eigenvalue weighted by atomic mass is 10.4. The molecule has 5 heteroatoms. The number of nitrogens with zero attached hydrogens (tertiary/aromatic N) is 4. The van der Waals surface area contributed by atoms with E-state index in [9.17, 15) is 0 Å². The zero-order valence-electron chi connectivity index (χ0n) is 10.2. The third-order valence-electron chi connectivity index (χ3n) is 2.45. The van der Waals surface area contributed by atoms with E-state index in [1.807, 2.05) is 16.8 Å². The van der Waals surface area contributed by atoms with Crippen molar-refractivity contribution in [2.24, 2.45) is 0 Å². The lowest BCUT2D eigenvalue weighted by molar-refractivity contribution is 0.857. The van der Waals surface area contributed by atoms with Gasteiger partial charge >= 0.3 is 0 Å². The highest BCUT2D eigenvalue weighted by molar-refractivity contribution is 5.32. The van der Waals surface area contributed by atoms with Crippen LogP contribution in [0.4, 0.5) is 5.95 Å². The fourth-order valence-electron chi connectivity index (χ4n) is 1.61. The fraction of sp³-hybridized carbons (Fsp3) is 0.417. The molecule has 0 bridgehead atoms. The van der Waals surface area contributed by atoms with E-state index >= 15 is 0 Å². The fourth-order valence-corrected chi connectivity index (χ4v) is 1.61. The molecule has 17 heavy (non-hydrogen) atoms. The predicted molar refractivity (Wildman–Crippen MR) is 67.3 cm³/mol. The molecule has 2 aromatic heterocycles. The topological polar surface area (TPSA) is 55.6 Å². The van der Waals surface area contributed by atoms with Gasteiger partial charge in [0, 0.05) is 31.6 Å². The van der Waals surface area contributed by atoms with Gasteiger partial charge in [-0.1, -0.05) is 13.8 Å². The van der Waals surface area contributed by atoms with Crippen molar-refractivity contribution in [3.05, 3.63) is 30.5 Å². The molecule has 2 heterocycles. The van der Waals surface area contributed by atoms with Gasteiger partial charge in [-0.05, 0) is 12.5 Å². The van der Waals surface area contributed by atoms with Crippen molar-refractivity contribution < 1.29 is 0 Å². The first-order valence-corrected chi connectivity index (χ1v) is 5.94. The maximum Gasteiger partial charge on any atom is 0.224 e. The first kappa shape index (κ1) is 11.6. The summed E-state index contributed by atoms with van der Waals surface area (Å²) in [6.07, 6.45) is 7.41. The van der Waals surface area contributed by atoms with Crippen molar-refractivity contribution >= 4 is 5.95 Å². The van der Waals surface area contributed by atoms with Gasteiger partial charge in [0.2, 0.25) is 5.95 Å². The van der Waals surface area contributed by atoms with Crippen LogP contribution >= 0.6 is 0 Å². The van der Waals surface area contributed by atoms with Crippen molar-refractivity contribution in [1.29, 1.82) is 0 Å². The van der Waals surface area contributed by atoms with Gasteiger partial charge in [-0.25, -0.2) is 9.97 Å². The van der Waals surface area contributed by atoms with Gasteiger partial charge in [0.15, 0.2) is 0 Å². The largest absolute Gasteiger partial charge is 0.354 e. The van der Waals surface area contributed by atoms with Crippen LogP contribution in [0.15, 0.2) is 24.7 Å². The average molecular weight is 231 g/mol. The van der Waals surface area contributed by atoms with Crippen molar-refractivity contribution in [3.8, 4) is 5.82 Å². The van der Waals surface area contributed by atoms with E-state index in [1.54, 1.807) is 12.4 Å². The molecule has 0 aliphatic rings. The molecular weight excluding hydrogens is 214 g/mol. The van der Waals surface area contributed by atoms with Crippen LogP contribution in [0.2, 0.25) is 0 Å². The molecule has 0 spiro atoms. The maximum atomic E-state index is 4.46. The van der Waals surface area contributed by atoms with Gasteiger partial charge in [-0.15, -0.1) is 0 Å². The molecule has 5 nitrogen and oxygen atoms in total. The maximum absolute atomic E-state index is 4.46. The molecule has 0 fully saturated rings. The Kier molecular flexibility index (Phi) is 3.69. The second kappa shape index (κ2) is 5.43. The van der Waals surface area contributed by atoms with E-state index in [1.165, 1.54) is 0 Å². The molecule has 0 saturated carbocycles. The average Bonchev–Trinajstić information content (AvgIpc) is 2.85. The van der Waals surface area contributed by atoms with Crippen LogP contribution < -0.4 is 5.32 Å². The Labute approximate surface area is 101 Å². The van der Waals surface area contributed by atoms with E-state index in [-0.39, 0.29) is 0 Å². The van der Waals surface area contributed by atoms with E-state index in [4.69, 9.17) is 0 Å². The van der Waals surface area contributed by atoms with Crippen LogP contribution in [-0.4, -0.2) is 26.1 Å². The zero-order valence-corrected chi connectivity index (χ0v) is 10.2. The van der Waals surface area contributed by atoms with Gasteiger partial charge < -0.3 is 5.32 Å². The van der Waals surface area contributed by atoms with Crippen LogP contribution in [0.25, 0.3) is 5.82 Å². The number of rotatable bonds is 5. The molecule has 0 aromatic carbocycles. The standard InChI is InChI=1S/C12H17N5/c1-3-6-14-12-15-7-5-11(16-12)17-9-8-13-10(17)4-2/h5,7-9H,3-4,6H2,1-2H3,(H,14,15,16). The SMILES string of the molecule is CCCNc1nccc(-n2ccnc2CC)n1. The molecule has 90 valence electrons. The van der Waals surface area contributed by atoms with Crippen LogP contribution in [0.5, 0.6) is 0 Å². The summed E-state index contributed by atoms with van der Waals surface area (Å²) in [6, 6.07) is 1.89. The monoisotopic (exact) mass is 231 g/mol. The van der Waals surface area contributed by atoms with Crippen LogP contribution in [0.3, 0.4) is 0 Å². The molecule has 0 aliphatic heterocycles. The van der Waals surface area contributed by atoms with E-state index in [2.05, 4.69) is 34.1 Å². The molecule has 1 N–H and O–H groups in total. The summed E-state index contributed by atoms with van der Waals surface area (Å²) in [5.41, 5.74) is 0. The summed E-state index contributed by atoms with van der Waals surface area (Å²) in [5.74, 6) is 2.53. The van der Waals surface area contributed by atoms with Gasteiger partial charge in [0.1, 0.15) is 11.6 Å². The number of hydrogen-bond donors (Lipinski definition) is 1. The minimum atomic E-state index is 0.667. The third-order valence-corrected chi connectivity index (χ3v) is 2.45. The minimum absolute atomic E-state index is 0.667. The summed E-state index contributed by atoms with van der Waals surface area (Å²) in [5, 5.41) is 3.18. The van der Waals surface area contributed by atoms with Gasteiger partial charge in [0.05, 0.1) is 0 Å². The highest BCUT2D eigenvalue weighted by Gasteiger charge is 2.05. The molecule has 0 radical (unpaired) electrons. The number of nitrogens with one attached hydrogen (secondary N) is 1. The molecule has 0 aliphatic carbocycles. The molecule has 0 saturated heterocycles. The third kappa shape index (κ3) is 2.61. The predicted octanol–water partition coefficient (Wildman–Crippen LogP) is 2.05. The van der Waals surface area contributed by atoms with E-state index in [0.29, 0.717) is 5.95 Å². The lowest BCUT2D eigenvalue weighted by Gasteiger charge is -2.07. The summed E-state index contributed by atoms with van der Waals surface area (Å²) in [6.45, 7) is 5.08. The Bertz CT molecular complexity index is 477. The zero-order chi connectivity index (χ0) is 12.1. The number of aryl methyl sites for hydroxylation is 1. The molecule has 2 rings (SSSR count). The number of anilines is 1. The smallest absolute Gasteiger partial charge is 0.224 e. The summed E-state index contributed by atoms with van der Waals surface area (Å²) in [7, 11) is 0. The molecular formula is C12H17N5. The Morgan fingerprint density at radius 2 is 2.12 bits per heavy atom. The molecule has 0 unspecified atom stereocenters. The Morgan fingerprint density at radius 3 is 2.88 bits per heavy atom. The Morgan fingerprint density at radius 1 is 1.24 bits per heavy atom. The van der Waals surface area contributed by atoms with Crippen molar-refractivity contribution in [3.63, 3.8) is 0 Å². The molecule has 2 aromatic rings. The second-order valence-corrected chi connectivity index (χ2v) is 3.73. The van der Waals surface area contributed by atoms with Crippen LogP contribution in [0, 0.1) is 0 Å². The normalized spacial score (nSPS) is 10.5. The molecule has 0 atom stereocenters. The highest BCUT2D eigenvalue weighted by Crippen LogP contribution is 2.09. The second-order valence-electron chi connectivity index (χ2n) is 3.73. The summed E-state index contributed by atoms with van der Waals surface area (Å²) >= 11 is 0. The van der Waals surface area contributed by atoms with Gasteiger partial charge in [-0.2, -0.15) is 4.98 Å². The molecule has 0 amide bonds. The van der Waals surface area contributed by atoms with Crippen LogP contribution in [-0.2, 0) is 6.42 Å². The lowest BCUT2D eigenvalue weighted by Crippen LogP contribution is -2.07.